The summed E-state index contributed by atoms with van der Waals surface area (Å²) in [4.78, 5) is 14.3. The van der Waals surface area contributed by atoms with Crippen LogP contribution in [0, 0.1) is 5.92 Å². The standard InChI is InChI=1S/C18H21ClN4O/c1-13-8-10-23(11-9-13)18(24)16-6-7-17(22-21-16)20-12-14-2-4-15(19)5-3-14/h2-7,13H,8-12H2,1H3,(H,20,22). The number of nitrogens with zero attached hydrogens (tertiary/aromatic N) is 3. The lowest BCUT2D eigenvalue weighted by molar-refractivity contribution is 0.0690. The third-order valence-corrected chi connectivity index (χ3v) is 4.59. The molecule has 1 aliphatic heterocycles. The second-order valence-electron chi connectivity index (χ2n) is 6.26. The number of anilines is 1. The van der Waals surface area contributed by atoms with E-state index in [4.69, 9.17) is 11.6 Å². The molecule has 0 unspecified atom stereocenters. The van der Waals surface area contributed by atoms with E-state index < -0.39 is 0 Å². The number of rotatable bonds is 4. The number of carbonyl (C=O) groups is 1. The topological polar surface area (TPSA) is 58.1 Å². The van der Waals surface area contributed by atoms with Gasteiger partial charge in [-0.15, -0.1) is 10.2 Å². The molecule has 1 aliphatic rings. The van der Waals surface area contributed by atoms with Crippen LogP contribution in [0.4, 0.5) is 5.82 Å². The van der Waals surface area contributed by atoms with Crippen LogP contribution in [0.1, 0.15) is 35.8 Å². The summed E-state index contributed by atoms with van der Waals surface area (Å²) in [5.74, 6) is 1.31. The van der Waals surface area contributed by atoms with Gasteiger partial charge in [0.15, 0.2) is 5.69 Å². The Kier molecular flexibility index (Phi) is 5.30. The summed E-state index contributed by atoms with van der Waals surface area (Å²) in [7, 11) is 0. The van der Waals surface area contributed by atoms with Gasteiger partial charge in [-0.05, 0) is 48.6 Å². The van der Waals surface area contributed by atoms with Crippen LogP contribution in [0.2, 0.25) is 5.02 Å². The maximum absolute atomic E-state index is 12.4. The van der Waals surface area contributed by atoms with Crippen LogP contribution < -0.4 is 5.32 Å². The number of hydrogen-bond acceptors (Lipinski definition) is 4. The van der Waals surface area contributed by atoms with Crippen molar-refractivity contribution in [3.63, 3.8) is 0 Å². The monoisotopic (exact) mass is 344 g/mol. The van der Waals surface area contributed by atoms with Crippen molar-refractivity contribution in [2.45, 2.75) is 26.3 Å². The fraction of sp³-hybridized carbons (Fsp3) is 0.389. The molecule has 2 aromatic rings. The number of nitrogens with one attached hydrogen (secondary N) is 1. The van der Waals surface area contributed by atoms with Crippen molar-refractivity contribution < 1.29 is 4.79 Å². The maximum Gasteiger partial charge on any atom is 0.274 e. The quantitative estimate of drug-likeness (QED) is 0.920. The molecule has 1 aromatic carbocycles. The second kappa shape index (κ2) is 7.62. The molecule has 0 aliphatic carbocycles. The number of likely N-dealkylation sites (tertiary alicyclic amines) is 1. The number of halogens is 1. The number of aromatic nitrogens is 2. The van der Waals surface area contributed by atoms with Crippen molar-refractivity contribution in [3.8, 4) is 0 Å². The smallest absolute Gasteiger partial charge is 0.274 e. The summed E-state index contributed by atoms with van der Waals surface area (Å²) in [6.07, 6.45) is 2.11. The predicted molar refractivity (Wildman–Crippen MR) is 95.1 cm³/mol. The SMILES string of the molecule is CC1CCN(C(=O)c2ccc(NCc3ccc(Cl)cc3)nn2)CC1. The van der Waals surface area contributed by atoms with Crippen LogP contribution in [-0.4, -0.2) is 34.1 Å². The highest BCUT2D eigenvalue weighted by Crippen LogP contribution is 2.18. The first-order chi connectivity index (χ1) is 11.6. The van der Waals surface area contributed by atoms with E-state index in [2.05, 4.69) is 22.4 Å². The van der Waals surface area contributed by atoms with Gasteiger partial charge in [0.25, 0.3) is 5.91 Å². The van der Waals surface area contributed by atoms with Gasteiger partial charge in [0.2, 0.25) is 0 Å². The minimum atomic E-state index is -0.0290. The van der Waals surface area contributed by atoms with E-state index in [1.165, 1.54) is 0 Å². The number of amides is 1. The summed E-state index contributed by atoms with van der Waals surface area (Å²) < 4.78 is 0. The summed E-state index contributed by atoms with van der Waals surface area (Å²) in [5.41, 5.74) is 1.50. The van der Waals surface area contributed by atoms with E-state index in [9.17, 15) is 4.79 Å². The Labute approximate surface area is 147 Å². The Hall–Kier alpha value is -2.14. The Balaban J connectivity index is 1.56. The van der Waals surface area contributed by atoms with Crippen molar-refractivity contribution in [2.24, 2.45) is 5.92 Å². The number of carbonyl (C=O) groups excluding carboxylic acids is 1. The van der Waals surface area contributed by atoms with Gasteiger partial charge in [-0.3, -0.25) is 4.79 Å². The van der Waals surface area contributed by atoms with Gasteiger partial charge in [-0.1, -0.05) is 30.7 Å². The third kappa shape index (κ3) is 4.23. The van der Waals surface area contributed by atoms with Crippen molar-refractivity contribution in [2.75, 3.05) is 18.4 Å². The van der Waals surface area contributed by atoms with E-state index in [-0.39, 0.29) is 5.91 Å². The lowest BCUT2D eigenvalue weighted by Gasteiger charge is -2.29. The second-order valence-corrected chi connectivity index (χ2v) is 6.69. The molecule has 0 atom stereocenters. The van der Waals surface area contributed by atoms with Gasteiger partial charge in [-0.2, -0.15) is 0 Å². The highest BCUT2D eigenvalue weighted by Gasteiger charge is 2.22. The van der Waals surface area contributed by atoms with Gasteiger partial charge < -0.3 is 10.2 Å². The first-order valence-corrected chi connectivity index (χ1v) is 8.61. The lowest BCUT2D eigenvalue weighted by Crippen LogP contribution is -2.38. The summed E-state index contributed by atoms with van der Waals surface area (Å²) in [6, 6.07) is 11.1. The molecule has 3 rings (SSSR count). The first kappa shape index (κ1) is 16.7. The maximum atomic E-state index is 12.4. The van der Waals surface area contributed by atoms with Crippen LogP contribution >= 0.6 is 11.6 Å². The van der Waals surface area contributed by atoms with Crippen LogP contribution in [0.15, 0.2) is 36.4 Å². The zero-order valence-electron chi connectivity index (χ0n) is 13.7. The van der Waals surface area contributed by atoms with E-state index in [1.54, 1.807) is 12.1 Å². The molecular weight excluding hydrogens is 324 g/mol. The molecule has 1 saturated heterocycles. The van der Waals surface area contributed by atoms with Crippen LogP contribution in [0.25, 0.3) is 0 Å². The summed E-state index contributed by atoms with van der Waals surface area (Å²) in [6.45, 7) is 4.46. The Morgan fingerprint density at radius 2 is 1.88 bits per heavy atom. The molecule has 126 valence electrons. The van der Waals surface area contributed by atoms with Gasteiger partial charge in [-0.25, -0.2) is 0 Å². The van der Waals surface area contributed by atoms with Crippen LogP contribution in [0.3, 0.4) is 0 Å². The fourth-order valence-corrected chi connectivity index (χ4v) is 2.84. The average Bonchev–Trinajstić information content (AvgIpc) is 2.62. The molecule has 0 radical (unpaired) electrons. The minimum Gasteiger partial charge on any atom is -0.365 e. The van der Waals surface area contributed by atoms with E-state index in [1.807, 2.05) is 29.2 Å². The van der Waals surface area contributed by atoms with Crippen molar-refractivity contribution in [1.82, 2.24) is 15.1 Å². The largest absolute Gasteiger partial charge is 0.365 e. The molecule has 1 N–H and O–H groups in total. The fourth-order valence-electron chi connectivity index (χ4n) is 2.71. The lowest BCUT2D eigenvalue weighted by atomic mass is 9.99. The third-order valence-electron chi connectivity index (χ3n) is 4.34. The van der Waals surface area contributed by atoms with E-state index in [0.717, 1.165) is 31.5 Å². The normalized spacial score (nSPS) is 15.3. The zero-order valence-corrected chi connectivity index (χ0v) is 14.5. The number of hydrogen-bond donors (Lipinski definition) is 1. The Bertz CT molecular complexity index is 679. The Morgan fingerprint density at radius 1 is 1.17 bits per heavy atom. The summed E-state index contributed by atoms with van der Waals surface area (Å²) >= 11 is 5.87. The molecule has 1 aromatic heterocycles. The molecule has 6 heteroatoms. The van der Waals surface area contributed by atoms with Gasteiger partial charge in [0.1, 0.15) is 5.82 Å². The molecule has 0 saturated carbocycles. The van der Waals surface area contributed by atoms with Crippen molar-refractivity contribution in [3.05, 3.63) is 52.7 Å². The predicted octanol–water partition coefficient (Wildman–Crippen LogP) is 3.61. The van der Waals surface area contributed by atoms with Gasteiger partial charge in [0.05, 0.1) is 0 Å². The number of benzene rings is 1. The highest BCUT2D eigenvalue weighted by molar-refractivity contribution is 6.30. The molecule has 1 fully saturated rings. The van der Waals surface area contributed by atoms with Gasteiger partial charge >= 0.3 is 0 Å². The first-order valence-electron chi connectivity index (χ1n) is 8.23. The van der Waals surface area contributed by atoms with Crippen LogP contribution in [0.5, 0.6) is 0 Å². The zero-order chi connectivity index (χ0) is 16.9. The average molecular weight is 345 g/mol. The molecule has 5 nitrogen and oxygen atoms in total. The molecule has 0 spiro atoms. The molecule has 1 amide bonds. The van der Waals surface area contributed by atoms with Crippen LogP contribution in [-0.2, 0) is 6.54 Å². The highest BCUT2D eigenvalue weighted by atomic mass is 35.5. The molecule has 0 bridgehead atoms. The minimum absolute atomic E-state index is 0.0290. The summed E-state index contributed by atoms with van der Waals surface area (Å²) in [5, 5.41) is 12.1. The Morgan fingerprint density at radius 3 is 2.50 bits per heavy atom. The van der Waals surface area contributed by atoms with E-state index in [0.29, 0.717) is 29.0 Å². The van der Waals surface area contributed by atoms with Crippen molar-refractivity contribution >= 4 is 23.3 Å². The van der Waals surface area contributed by atoms with Gasteiger partial charge in [0, 0.05) is 24.7 Å². The number of piperidine rings is 1. The molecule has 2 heterocycles. The van der Waals surface area contributed by atoms with Crippen molar-refractivity contribution in [1.29, 1.82) is 0 Å². The molecular formula is C18H21ClN4O. The van der Waals surface area contributed by atoms with E-state index >= 15 is 0 Å². The molecule has 24 heavy (non-hydrogen) atoms.